The predicted octanol–water partition coefficient (Wildman–Crippen LogP) is 14.1. The molecule has 0 spiro atoms. The Morgan fingerprint density at radius 1 is 0.312 bits per heavy atom. The second-order valence-electron chi connectivity index (χ2n) is 12.2. The van der Waals surface area contributed by atoms with E-state index in [2.05, 4.69) is 202 Å². The van der Waals surface area contributed by atoms with E-state index in [0.29, 0.717) is 0 Å². The van der Waals surface area contributed by atoms with Crippen molar-refractivity contribution < 1.29 is 0 Å². The lowest BCUT2D eigenvalue weighted by atomic mass is 9.82. The Morgan fingerprint density at radius 2 is 0.625 bits per heavy atom. The molecular weight excluding hydrogens is 712 g/mol. The Labute approximate surface area is 299 Å². The smallest absolute Gasteiger partial charge is 0.0295 e. The Bertz CT molecular complexity index is 2200. The molecule has 0 N–H and O–H groups in total. The Kier molecular flexibility index (Phi) is 8.53. The van der Waals surface area contributed by atoms with Crippen LogP contribution in [0.25, 0.3) is 77.2 Å². The van der Waals surface area contributed by atoms with Crippen LogP contribution in [0.15, 0.2) is 170 Å². The third kappa shape index (κ3) is 5.60. The van der Waals surface area contributed by atoms with E-state index in [0.717, 1.165) is 10.7 Å². The third-order valence-corrected chi connectivity index (χ3v) is 10.6. The fraction of sp³-hybridized carbons (Fsp3) is 0.0435. The van der Waals surface area contributed by atoms with Crippen LogP contribution in [0.3, 0.4) is 0 Å². The summed E-state index contributed by atoms with van der Waals surface area (Å²) >= 11 is 7.97. The Balaban J connectivity index is 1.38. The van der Waals surface area contributed by atoms with E-state index in [-0.39, 0.29) is 0 Å². The topological polar surface area (TPSA) is 0 Å². The van der Waals surface area contributed by atoms with E-state index >= 15 is 0 Å². The van der Waals surface area contributed by atoms with Gasteiger partial charge in [-0.15, -0.1) is 0 Å². The number of hydrogen-bond acceptors (Lipinski definition) is 0. The van der Waals surface area contributed by atoms with E-state index in [1.54, 1.807) is 0 Å². The van der Waals surface area contributed by atoms with E-state index in [1.807, 2.05) is 0 Å². The molecule has 0 saturated heterocycles. The van der Waals surface area contributed by atoms with Crippen LogP contribution in [0.1, 0.15) is 11.1 Å². The monoisotopic (exact) mass is 742 g/mol. The molecule has 0 aliphatic heterocycles. The molecular formula is C46H32Br2. The molecule has 0 nitrogen and oxygen atoms in total. The highest BCUT2D eigenvalue weighted by atomic mass is 79.9. The minimum Gasteiger partial charge on any atom is -0.0876 e. The molecule has 8 aromatic rings. The number of rotatable bonds is 7. The second-order valence-corrected chi connectivity index (χ2v) is 13.3. The first-order valence-corrected chi connectivity index (χ1v) is 18.5. The lowest BCUT2D eigenvalue weighted by Gasteiger charge is -2.23. The van der Waals surface area contributed by atoms with E-state index in [4.69, 9.17) is 0 Å². The second kappa shape index (κ2) is 13.4. The van der Waals surface area contributed by atoms with Crippen molar-refractivity contribution in [1.82, 2.24) is 0 Å². The summed E-state index contributed by atoms with van der Waals surface area (Å²) in [4.78, 5) is 0. The molecule has 0 fully saturated rings. The van der Waals surface area contributed by atoms with Gasteiger partial charge in [0.15, 0.2) is 0 Å². The first-order chi connectivity index (χ1) is 23.7. The minimum atomic E-state index is 0.731. The highest BCUT2D eigenvalue weighted by Gasteiger charge is 2.22. The quantitative estimate of drug-likeness (QED) is 0.143. The van der Waals surface area contributed by atoms with Gasteiger partial charge in [0, 0.05) is 10.7 Å². The first kappa shape index (κ1) is 30.6. The van der Waals surface area contributed by atoms with Crippen LogP contribution in [-0.4, -0.2) is 0 Å². The van der Waals surface area contributed by atoms with Gasteiger partial charge in [0.25, 0.3) is 0 Å². The van der Waals surface area contributed by atoms with Gasteiger partial charge in [-0.3, -0.25) is 0 Å². The van der Waals surface area contributed by atoms with Gasteiger partial charge in [-0.25, -0.2) is 0 Å². The first-order valence-electron chi connectivity index (χ1n) is 16.3. The molecule has 8 rings (SSSR count). The van der Waals surface area contributed by atoms with Gasteiger partial charge in [0.2, 0.25) is 0 Å². The summed E-state index contributed by atoms with van der Waals surface area (Å²) in [5.41, 5.74) is 15.0. The maximum absolute atomic E-state index is 3.98. The summed E-state index contributed by atoms with van der Waals surface area (Å²) in [6.45, 7) is 0. The summed E-state index contributed by atoms with van der Waals surface area (Å²) in [5.74, 6) is 0. The molecule has 8 aromatic carbocycles. The van der Waals surface area contributed by atoms with Crippen molar-refractivity contribution in [3.63, 3.8) is 0 Å². The number of halogens is 2. The van der Waals surface area contributed by atoms with Gasteiger partial charge >= 0.3 is 0 Å². The SMILES string of the molecule is BrCc1c(-c2ccc(-c3ccccc3)cc2)cc2ccccc2c1-c1c(CBr)c(-c2ccc(-c3ccccc3)cc2)cc2ccccc12. The van der Waals surface area contributed by atoms with E-state index < -0.39 is 0 Å². The van der Waals surface area contributed by atoms with Crippen LogP contribution in [-0.2, 0) is 10.7 Å². The summed E-state index contributed by atoms with van der Waals surface area (Å²) in [6, 6.07) is 61.7. The molecule has 0 saturated carbocycles. The van der Waals surface area contributed by atoms with Gasteiger partial charge in [0.1, 0.15) is 0 Å². The highest BCUT2D eigenvalue weighted by Crippen LogP contribution is 2.47. The molecule has 48 heavy (non-hydrogen) atoms. The van der Waals surface area contributed by atoms with E-state index in [1.165, 1.54) is 88.3 Å². The predicted molar refractivity (Wildman–Crippen MR) is 214 cm³/mol. The van der Waals surface area contributed by atoms with Crippen LogP contribution in [0.4, 0.5) is 0 Å². The van der Waals surface area contributed by atoms with Crippen molar-refractivity contribution in [3.05, 3.63) is 181 Å². The Hall–Kier alpha value is -4.76. The molecule has 0 aliphatic carbocycles. The normalized spacial score (nSPS) is 11.3. The fourth-order valence-electron chi connectivity index (χ4n) is 7.09. The molecule has 2 heteroatoms. The van der Waals surface area contributed by atoms with Crippen molar-refractivity contribution in [2.45, 2.75) is 10.7 Å². The lowest BCUT2D eigenvalue weighted by Crippen LogP contribution is -2.00. The number of fused-ring (bicyclic) bond motifs is 2. The van der Waals surface area contributed by atoms with Crippen LogP contribution >= 0.6 is 31.9 Å². The van der Waals surface area contributed by atoms with Crippen molar-refractivity contribution in [2.24, 2.45) is 0 Å². The Morgan fingerprint density at radius 3 is 1.00 bits per heavy atom. The molecule has 0 aromatic heterocycles. The molecule has 0 amide bonds. The van der Waals surface area contributed by atoms with Gasteiger partial charge in [-0.05, 0) is 100 Å². The van der Waals surface area contributed by atoms with Gasteiger partial charge in [-0.2, -0.15) is 0 Å². The molecule has 0 radical (unpaired) electrons. The van der Waals surface area contributed by atoms with Crippen LogP contribution < -0.4 is 0 Å². The third-order valence-electron chi connectivity index (χ3n) is 9.44. The van der Waals surface area contributed by atoms with Gasteiger partial charge in [0.05, 0.1) is 0 Å². The highest BCUT2D eigenvalue weighted by molar-refractivity contribution is 9.08. The van der Waals surface area contributed by atoms with Crippen molar-refractivity contribution in [3.8, 4) is 55.6 Å². The fourth-order valence-corrected chi connectivity index (χ4v) is 8.26. The summed E-state index contributed by atoms with van der Waals surface area (Å²) in [5, 5.41) is 6.47. The number of hydrogen-bond donors (Lipinski definition) is 0. The summed E-state index contributed by atoms with van der Waals surface area (Å²) < 4.78 is 0. The molecule has 0 atom stereocenters. The van der Waals surface area contributed by atoms with Crippen molar-refractivity contribution >= 4 is 53.4 Å². The molecule has 230 valence electrons. The van der Waals surface area contributed by atoms with E-state index in [9.17, 15) is 0 Å². The largest absolute Gasteiger partial charge is 0.0876 e. The van der Waals surface area contributed by atoms with Gasteiger partial charge < -0.3 is 0 Å². The lowest BCUT2D eigenvalue weighted by molar-refractivity contribution is 1.40. The zero-order chi connectivity index (χ0) is 32.5. The number of benzene rings is 8. The van der Waals surface area contributed by atoms with Crippen LogP contribution in [0.5, 0.6) is 0 Å². The maximum Gasteiger partial charge on any atom is 0.0295 e. The standard InChI is InChI=1S/C46H32Br2/c47-29-43-41(35-23-19-33(20-24-35)31-11-3-1-4-12-31)27-37-15-7-9-17-39(37)45(43)46-40-18-10-8-16-38(40)28-42(44(46)30-48)36-25-21-34(22-26-36)32-13-5-2-6-14-32/h1-28H,29-30H2. The van der Waals surface area contributed by atoms with Crippen molar-refractivity contribution in [1.29, 1.82) is 0 Å². The maximum atomic E-state index is 3.98. The molecule has 0 bridgehead atoms. The summed E-state index contributed by atoms with van der Waals surface area (Å²) in [6.07, 6.45) is 0. The minimum absolute atomic E-state index is 0.731. The van der Waals surface area contributed by atoms with Gasteiger partial charge in [-0.1, -0.05) is 190 Å². The van der Waals surface area contributed by atoms with Crippen molar-refractivity contribution in [2.75, 3.05) is 0 Å². The number of alkyl halides is 2. The van der Waals surface area contributed by atoms with Crippen LogP contribution in [0, 0.1) is 0 Å². The molecule has 0 aliphatic rings. The molecule has 0 heterocycles. The van der Waals surface area contributed by atoms with Crippen LogP contribution in [0.2, 0.25) is 0 Å². The summed E-state index contributed by atoms with van der Waals surface area (Å²) in [7, 11) is 0. The molecule has 0 unspecified atom stereocenters. The average molecular weight is 745 g/mol. The average Bonchev–Trinajstić information content (AvgIpc) is 3.17. The zero-order valence-corrected chi connectivity index (χ0v) is 29.5. The zero-order valence-electron chi connectivity index (χ0n) is 26.3.